The molecule has 0 aliphatic heterocycles. The molecule has 39 heavy (non-hydrogen) atoms. The van der Waals surface area contributed by atoms with Gasteiger partial charge in [-0.2, -0.15) is 18.3 Å². The molecule has 6 nitrogen and oxygen atoms in total. The fourth-order valence-electron chi connectivity index (χ4n) is 4.91. The van der Waals surface area contributed by atoms with Gasteiger partial charge in [-0.05, 0) is 73.0 Å². The molecule has 4 N–H and O–H groups in total. The molecule has 2 aromatic carbocycles. The molecule has 9 heteroatoms. The van der Waals surface area contributed by atoms with E-state index in [2.05, 4.69) is 34.8 Å². The Kier molecular flexibility index (Phi) is 7.72. The Balaban J connectivity index is 1.44. The van der Waals surface area contributed by atoms with Gasteiger partial charge in [0.2, 0.25) is 0 Å². The zero-order chi connectivity index (χ0) is 27.6. The Morgan fingerprint density at radius 3 is 2.67 bits per heavy atom. The summed E-state index contributed by atoms with van der Waals surface area (Å²) >= 11 is 0. The molecular weight excluding hydrogens is 503 g/mol. The smallest absolute Gasteiger partial charge is 0.327 e. The monoisotopic (exact) mass is 535 g/mol. The number of aryl methyl sites for hydroxylation is 1. The fraction of sp³-hybridized carbons (Fsp3) is 0.333. The van der Waals surface area contributed by atoms with Crippen molar-refractivity contribution in [1.29, 1.82) is 0 Å². The van der Waals surface area contributed by atoms with Gasteiger partial charge < -0.3 is 16.4 Å². The standard InChI is InChI=1S/C30H32F3N5O/c1-19-6-2-3-11-25(19)28(35-18-20-12-13-20)22-8-5-9-23(15-22)36-29(39)26-16-27(30(31,32)33)37-38(26)24-10-4-7-21(14-24)17-34/h2-9,11,14-16,20,24,28,35H,10,12-13,17-18,34H2,1H3,(H,36,39). The molecule has 1 aromatic heterocycles. The number of alkyl halides is 3. The summed E-state index contributed by atoms with van der Waals surface area (Å²) in [6.07, 6.45) is 3.57. The number of benzene rings is 2. The number of amides is 1. The van der Waals surface area contributed by atoms with Gasteiger partial charge in [-0.3, -0.25) is 9.48 Å². The zero-order valence-electron chi connectivity index (χ0n) is 21.7. The van der Waals surface area contributed by atoms with Crippen LogP contribution in [0.3, 0.4) is 0 Å². The summed E-state index contributed by atoms with van der Waals surface area (Å²) in [6.45, 7) is 3.20. The van der Waals surface area contributed by atoms with E-state index in [4.69, 9.17) is 5.73 Å². The number of hydrogen-bond acceptors (Lipinski definition) is 4. The molecule has 0 saturated heterocycles. The molecule has 0 radical (unpaired) electrons. The first-order valence-electron chi connectivity index (χ1n) is 13.2. The molecule has 1 saturated carbocycles. The van der Waals surface area contributed by atoms with E-state index in [1.807, 2.05) is 42.5 Å². The summed E-state index contributed by atoms with van der Waals surface area (Å²) in [5, 5.41) is 10.3. The first-order valence-corrected chi connectivity index (χ1v) is 13.2. The van der Waals surface area contributed by atoms with Gasteiger partial charge in [-0.1, -0.05) is 54.6 Å². The Morgan fingerprint density at radius 2 is 1.95 bits per heavy atom. The van der Waals surface area contributed by atoms with Gasteiger partial charge in [-0.25, -0.2) is 0 Å². The summed E-state index contributed by atoms with van der Waals surface area (Å²) < 4.78 is 41.9. The first kappa shape index (κ1) is 26.9. The van der Waals surface area contributed by atoms with Crippen molar-refractivity contribution in [3.8, 4) is 0 Å². The van der Waals surface area contributed by atoms with E-state index < -0.39 is 23.8 Å². The van der Waals surface area contributed by atoms with Crippen LogP contribution in [0.4, 0.5) is 18.9 Å². The molecule has 204 valence electrons. The van der Waals surface area contributed by atoms with Crippen LogP contribution in [0.1, 0.15) is 64.2 Å². The van der Waals surface area contributed by atoms with Gasteiger partial charge in [0.15, 0.2) is 5.69 Å². The molecular formula is C30H32F3N5O. The summed E-state index contributed by atoms with van der Waals surface area (Å²) in [4.78, 5) is 13.4. The highest BCUT2D eigenvalue weighted by molar-refractivity contribution is 6.03. The fourth-order valence-corrected chi connectivity index (χ4v) is 4.91. The van der Waals surface area contributed by atoms with E-state index >= 15 is 0 Å². The molecule has 1 fully saturated rings. The van der Waals surface area contributed by atoms with Crippen molar-refractivity contribution in [3.63, 3.8) is 0 Å². The largest absolute Gasteiger partial charge is 0.435 e. The van der Waals surface area contributed by atoms with Crippen LogP contribution >= 0.6 is 0 Å². The number of hydrogen-bond donors (Lipinski definition) is 3. The van der Waals surface area contributed by atoms with E-state index in [9.17, 15) is 18.0 Å². The van der Waals surface area contributed by atoms with Crippen LogP contribution < -0.4 is 16.4 Å². The van der Waals surface area contributed by atoms with Crippen molar-refractivity contribution < 1.29 is 18.0 Å². The highest BCUT2D eigenvalue weighted by atomic mass is 19.4. The Labute approximate surface area is 225 Å². The molecule has 0 spiro atoms. The van der Waals surface area contributed by atoms with E-state index in [0.717, 1.165) is 39.6 Å². The normalized spacial score (nSPS) is 18.1. The van der Waals surface area contributed by atoms with Crippen LogP contribution in [0.25, 0.3) is 0 Å². The summed E-state index contributed by atoms with van der Waals surface area (Å²) in [7, 11) is 0. The first-order chi connectivity index (χ1) is 18.7. The Hall–Kier alpha value is -3.69. The predicted molar refractivity (Wildman–Crippen MR) is 145 cm³/mol. The second-order valence-electron chi connectivity index (χ2n) is 10.2. The number of allylic oxidation sites excluding steroid dienone is 2. The third kappa shape index (κ3) is 6.32. The number of nitrogens with two attached hydrogens (primary N) is 1. The average Bonchev–Trinajstić information content (AvgIpc) is 3.63. The quantitative estimate of drug-likeness (QED) is 0.317. The lowest BCUT2D eigenvalue weighted by Gasteiger charge is -2.22. The number of rotatable bonds is 9. The summed E-state index contributed by atoms with van der Waals surface area (Å²) in [6, 6.07) is 15.8. The van der Waals surface area contributed by atoms with Gasteiger partial charge in [0, 0.05) is 18.3 Å². The van der Waals surface area contributed by atoms with Gasteiger partial charge >= 0.3 is 6.18 Å². The van der Waals surface area contributed by atoms with Crippen molar-refractivity contribution in [2.45, 2.75) is 44.4 Å². The summed E-state index contributed by atoms with van der Waals surface area (Å²) in [5.41, 5.74) is 8.98. The van der Waals surface area contributed by atoms with Gasteiger partial charge in [-0.15, -0.1) is 0 Å². The minimum absolute atomic E-state index is 0.0835. The highest BCUT2D eigenvalue weighted by Crippen LogP contribution is 2.33. The van der Waals surface area contributed by atoms with Gasteiger partial charge in [0.05, 0.1) is 12.1 Å². The molecule has 3 aromatic rings. The molecule has 1 heterocycles. The Morgan fingerprint density at radius 1 is 1.15 bits per heavy atom. The van der Waals surface area contributed by atoms with Crippen LogP contribution in [-0.2, 0) is 6.18 Å². The maximum atomic E-state index is 13.6. The number of carbonyl (C=O) groups is 1. The van der Waals surface area contributed by atoms with Crippen LogP contribution in [0.2, 0.25) is 0 Å². The lowest BCUT2D eigenvalue weighted by Crippen LogP contribution is -2.25. The predicted octanol–water partition coefficient (Wildman–Crippen LogP) is 5.94. The number of nitrogens with zero attached hydrogens (tertiary/aromatic N) is 2. The number of nitrogens with one attached hydrogen (secondary N) is 2. The second kappa shape index (κ2) is 11.2. The molecule has 2 aliphatic carbocycles. The van der Waals surface area contributed by atoms with E-state index in [-0.39, 0.29) is 18.3 Å². The van der Waals surface area contributed by atoms with Crippen molar-refractivity contribution in [2.75, 3.05) is 18.4 Å². The molecule has 2 atom stereocenters. The molecule has 2 unspecified atom stereocenters. The second-order valence-corrected chi connectivity index (χ2v) is 10.2. The average molecular weight is 536 g/mol. The third-order valence-electron chi connectivity index (χ3n) is 7.21. The third-order valence-corrected chi connectivity index (χ3v) is 7.21. The highest BCUT2D eigenvalue weighted by Gasteiger charge is 2.37. The molecule has 5 rings (SSSR count). The Bertz CT molecular complexity index is 1400. The maximum Gasteiger partial charge on any atom is 0.435 e. The zero-order valence-corrected chi connectivity index (χ0v) is 21.7. The van der Waals surface area contributed by atoms with Gasteiger partial charge in [0.25, 0.3) is 5.91 Å². The van der Waals surface area contributed by atoms with Crippen molar-refractivity contribution in [3.05, 3.63) is 106 Å². The van der Waals surface area contributed by atoms with E-state index in [1.165, 1.54) is 12.8 Å². The SMILES string of the molecule is Cc1ccccc1C(NCC1CC1)c1cccc(NC(=O)c2cc(C(F)(F)F)nn2C2C=C(CN)C=CC2)c1. The molecule has 2 aliphatic rings. The molecule has 0 bridgehead atoms. The van der Waals surface area contributed by atoms with Crippen molar-refractivity contribution in [2.24, 2.45) is 11.7 Å². The summed E-state index contributed by atoms with van der Waals surface area (Å²) in [5.74, 6) is 0.0109. The van der Waals surface area contributed by atoms with Crippen LogP contribution in [0.15, 0.2) is 78.4 Å². The van der Waals surface area contributed by atoms with Gasteiger partial charge in [0.1, 0.15) is 5.69 Å². The number of anilines is 1. The van der Waals surface area contributed by atoms with Crippen LogP contribution in [0.5, 0.6) is 0 Å². The van der Waals surface area contributed by atoms with Crippen molar-refractivity contribution in [1.82, 2.24) is 15.1 Å². The maximum absolute atomic E-state index is 13.6. The number of aromatic nitrogens is 2. The van der Waals surface area contributed by atoms with E-state index in [1.54, 1.807) is 12.1 Å². The topological polar surface area (TPSA) is 85.0 Å². The molecule has 1 amide bonds. The number of carbonyl (C=O) groups excluding carboxylic acids is 1. The number of halogens is 3. The van der Waals surface area contributed by atoms with Crippen LogP contribution in [0, 0.1) is 12.8 Å². The van der Waals surface area contributed by atoms with Crippen molar-refractivity contribution >= 4 is 11.6 Å². The van der Waals surface area contributed by atoms with E-state index in [0.29, 0.717) is 18.0 Å². The lowest BCUT2D eigenvalue weighted by atomic mass is 9.94. The lowest BCUT2D eigenvalue weighted by molar-refractivity contribution is -0.141. The van der Waals surface area contributed by atoms with Crippen LogP contribution in [-0.4, -0.2) is 28.8 Å². The minimum Gasteiger partial charge on any atom is -0.327 e. The minimum atomic E-state index is -4.68.